The topological polar surface area (TPSA) is 41.5 Å². The van der Waals surface area contributed by atoms with E-state index in [1.807, 2.05) is 24.4 Å². The van der Waals surface area contributed by atoms with Gasteiger partial charge in [-0.1, -0.05) is 18.2 Å². The smallest absolute Gasteiger partial charge is 0.173 e. The Morgan fingerprint density at radius 1 is 1.32 bits per heavy atom. The highest BCUT2D eigenvalue weighted by molar-refractivity contribution is 5.74. The van der Waals surface area contributed by atoms with Gasteiger partial charge in [-0.3, -0.25) is 0 Å². The number of rotatable bonds is 0. The lowest BCUT2D eigenvalue weighted by atomic mass is 9.64. The molecule has 0 fully saturated rings. The van der Waals surface area contributed by atoms with E-state index >= 15 is 0 Å². The second kappa shape index (κ2) is 2.77. The normalized spacial score (nSPS) is 27.7. The van der Waals surface area contributed by atoms with Gasteiger partial charge in [-0.25, -0.2) is 0 Å². The van der Waals surface area contributed by atoms with Crippen molar-refractivity contribution in [2.75, 3.05) is 0 Å². The molecule has 19 heavy (non-hydrogen) atoms. The molecule has 3 nitrogen and oxygen atoms in total. The van der Waals surface area contributed by atoms with Crippen molar-refractivity contribution in [3.63, 3.8) is 0 Å². The number of benzene rings is 1. The first-order valence-corrected chi connectivity index (χ1v) is 6.40. The van der Waals surface area contributed by atoms with E-state index in [0.29, 0.717) is 5.75 Å². The largest absolute Gasteiger partial charge is 0.504 e. The molecule has 1 spiro atoms. The number of nitrogens with one attached hydrogen (secondary N) is 1. The van der Waals surface area contributed by atoms with Crippen molar-refractivity contribution >= 4 is 0 Å². The minimum absolute atomic E-state index is 0.221. The lowest BCUT2D eigenvalue weighted by Crippen LogP contribution is -2.38. The van der Waals surface area contributed by atoms with Crippen molar-refractivity contribution in [2.45, 2.75) is 11.8 Å². The predicted molar refractivity (Wildman–Crippen MR) is 70.6 cm³/mol. The quantitative estimate of drug-likeness (QED) is 0.742. The third-order valence-electron chi connectivity index (χ3n) is 4.44. The number of aromatic hydroxyl groups is 1. The van der Waals surface area contributed by atoms with Crippen LogP contribution in [0.3, 0.4) is 0 Å². The zero-order chi connectivity index (χ0) is 12.6. The Balaban J connectivity index is 1.99. The van der Waals surface area contributed by atoms with Gasteiger partial charge in [-0.2, -0.15) is 0 Å². The van der Waals surface area contributed by atoms with Crippen LogP contribution in [0.1, 0.15) is 11.1 Å². The molecule has 0 saturated heterocycles. The summed E-state index contributed by atoms with van der Waals surface area (Å²) < 4.78 is 5.96. The molecule has 3 heteroatoms. The maximum atomic E-state index is 10.1. The van der Waals surface area contributed by atoms with E-state index in [-0.39, 0.29) is 11.2 Å². The number of hydrogen-bond donors (Lipinski definition) is 2. The van der Waals surface area contributed by atoms with Gasteiger partial charge in [0.15, 0.2) is 11.5 Å². The highest BCUT2D eigenvalue weighted by atomic mass is 16.5. The summed E-state index contributed by atoms with van der Waals surface area (Å²) in [6.45, 7) is 0. The monoisotopic (exact) mass is 249 g/mol. The van der Waals surface area contributed by atoms with Gasteiger partial charge in [0.1, 0.15) is 11.2 Å². The molecule has 1 aromatic carbocycles. The molecule has 2 bridgehead atoms. The van der Waals surface area contributed by atoms with Crippen LogP contribution in [0.2, 0.25) is 0 Å². The van der Waals surface area contributed by atoms with Crippen LogP contribution in [-0.2, 0) is 11.8 Å². The fourth-order valence-corrected chi connectivity index (χ4v) is 3.68. The molecule has 2 aliphatic carbocycles. The Morgan fingerprint density at radius 3 is 3.21 bits per heavy atom. The van der Waals surface area contributed by atoms with Crippen LogP contribution in [0.5, 0.6) is 11.5 Å². The van der Waals surface area contributed by atoms with Crippen LogP contribution < -0.4 is 10.1 Å². The second-order valence-electron chi connectivity index (χ2n) is 5.29. The highest BCUT2D eigenvalue weighted by Crippen LogP contribution is 2.60. The first-order chi connectivity index (χ1) is 9.30. The Kier molecular flexibility index (Phi) is 1.39. The minimum Gasteiger partial charge on any atom is -0.504 e. The van der Waals surface area contributed by atoms with Crippen LogP contribution in [0.4, 0.5) is 0 Å². The first-order valence-electron chi connectivity index (χ1n) is 6.40. The molecule has 0 aromatic heterocycles. The molecule has 5 rings (SSSR count). The number of allylic oxidation sites excluding steroid dienone is 5. The van der Waals surface area contributed by atoms with Crippen molar-refractivity contribution in [3.05, 3.63) is 70.8 Å². The standard InChI is InChI=1S/C16H11NO2/c18-12-5-4-9-8-11-10-2-1-3-13-16(10,6-7-17-11)14(9)15(12)19-13/h1-7,17-18H,8H2. The van der Waals surface area contributed by atoms with E-state index in [1.54, 1.807) is 6.07 Å². The van der Waals surface area contributed by atoms with Crippen LogP contribution in [0.15, 0.2) is 59.7 Å². The molecule has 1 aromatic rings. The Hall–Kier alpha value is -2.42. The number of hydrogen-bond acceptors (Lipinski definition) is 3. The molecule has 0 saturated carbocycles. The first kappa shape index (κ1) is 9.50. The molecular formula is C16H11NO2. The minimum atomic E-state index is -0.322. The molecular weight excluding hydrogens is 238 g/mol. The van der Waals surface area contributed by atoms with E-state index in [9.17, 15) is 5.11 Å². The summed E-state index contributed by atoms with van der Waals surface area (Å²) in [7, 11) is 0. The zero-order valence-corrected chi connectivity index (χ0v) is 10.1. The summed E-state index contributed by atoms with van der Waals surface area (Å²) >= 11 is 0. The van der Waals surface area contributed by atoms with E-state index in [4.69, 9.17) is 4.74 Å². The van der Waals surface area contributed by atoms with Crippen LogP contribution in [0.25, 0.3) is 0 Å². The van der Waals surface area contributed by atoms with E-state index < -0.39 is 0 Å². The van der Waals surface area contributed by atoms with E-state index in [2.05, 4.69) is 17.5 Å². The average molecular weight is 249 g/mol. The van der Waals surface area contributed by atoms with E-state index in [1.165, 1.54) is 16.8 Å². The number of phenols is 1. The summed E-state index contributed by atoms with van der Waals surface area (Å²) in [5, 5.41) is 13.4. The molecule has 1 unspecified atom stereocenters. The summed E-state index contributed by atoms with van der Waals surface area (Å²) in [5.74, 6) is 1.73. The molecule has 4 aliphatic rings. The Bertz CT molecular complexity index is 767. The maximum Gasteiger partial charge on any atom is 0.173 e. The van der Waals surface area contributed by atoms with Gasteiger partial charge in [0.05, 0.1) is 0 Å². The number of dihydropyridines is 1. The van der Waals surface area contributed by atoms with Crippen LogP contribution >= 0.6 is 0 Å². The SMILES string of the molecule is Oc1ccc2c3c1OC1=CC=CC4=C(C2)NC=CC143. The fourth-order valence-electron chi connectivity index (χ4n) is 3.68. The maximum absolute atomic E-state index is 10.1. The summed E-state index contributed by atoms with van der Waals surface area (Å²) in [6, 6.07) is 3.72. The molecule has 2 N–H and O–H groups in total. The van der Waals surface area contributed by atoms with Gasteiger partial charge in [0.25, 0.3) is 0 Å². The van der Waals surface area contributed by atoms with Gasteiger partial charge in [0, 0.05) is 17.7 Å². The third-order valence-corrected chi connectivity index (χ3v) is 4.44. The summed E-state index contributed by atoms with van der Waals surface area (Å²) in [6.07, 6.45) is 11.1. The molecule has 0 amide bonds. The summed E-state index contributed by atoms with van der Waals surface area (Å²) in [4.78, 5) is 0. The van der Waals surface area contributed by atoms with Crippen molar-refractivity contribution < 1.29 is 9.84 Å². The number of phenolic OH excluding ortho intramolecular Hbond substituents is 1. The zero-order valence-electron chi connectivity index (χ0n) is 10.1. The van der Waals surface area contributed by atoms with Gasteiger partial charge >= 0.3 is 0 Å². The second-order valence-corrected chi connectivity index (χ2v) is 5.29. The molecule has 2 aliphatic heterocycles. The lowest BCUT2D eigenvalue weighted by Gasteiger charge is -2.39. The summed E-state index contributed by atoms with van der Waals surface area (Å²) in [5.41, 5.74) is 4.47. The van der Waals surface area contributed by atoms with Crippen LogP contribution in [0, 0.1) is 0 Å². The fraction of sp³-hybridized carbons (Fsp3) is 0.125. The highest BCUT2D eigenvalue weighted by Gasteiger charge is 2.53. The van der Waals surface area contributed by atoms with Gasteiger partial charge < -0.3 is 15.2 Å². The molecule has 2 heterocycles. The Labute approximate surface area is 110 Å². The molecule has 1 atom stereocenters. The Morgan fingerprint density at radius 2 is 2.26 bits per heavy atom. The lowest BCUT2D eigenvalue weighted by molar-refractivity contribution is 0.380. The molecule has 92 valence electrons. The van der Waals surface area contributed by atoms with Crippen molar-refractivity contribution in [1.82, 2.24) is 5.32 Å². The molecule has 0 radical (unpaired) electrons. The average Bonchev–Trinajstić information content (AvgIpc) is 2.74. The van der Waals surface area contributed by atoms with Crippen molar-refractivity contribution in [3.8, 4) is 11.5 Å². The third kappa shape index (κ3) is 0.867. The van der Waals surface area contributed by atoms with Crippen LogP contribution in [-0.4, -0.2) is 5.11 Å². The van der Waals surface area contributed by atoms with Crippen molar-refractivity contribution in [2.24, 2.45) is 0 Å². The van der Waals surface area contributed by atoms with Gasteiger partial charge in [-0.15, -0.1) is 0 Å². The van der Waals surface area contributed by atoms with E-state index in [0.717, 1.165) is 17.7 Å². The predicted octanol–water partition coefficient (Wildman–Crippen LogP) is 2.40. The van der Waals surface area contributed by atoms with Gasteiger partial charge in [-0.05, 0) is 35.6 Å². The van der Waals surface area contributed by atoms with Gasteiger partial charge in [0.2, 0.25) is 0 Å². The van der Waals surface area contributed by atoms with Crippen molar-refractivity contribution in [1.29, 1.82) is 0 Å². The number of ether oxygens (including phenoxy) is 1.